The summed E-state index contributed by atoms with van der Waals surface area (Å²) in [5, 5.41) is 4.09. The van der Waals surface area contributed by atoms with E-state index in [1.807, 2.05) is 24.3 Å². The second-order valence-electron chi connectivity index (χ2n) is 4.80. The molecule has 6 heteroatoms. The third-order valence-electron chi connectivity index (χ3n) is 3.09. The van der Waals surface area contributed by atoms with Crippen molar-refractivity contribution in [2.24, 2.45) is 0 Å². The van der Waals surface area contributed by atoms with Crippen LogP contribution >= 0.6 is 0 Å². The lowest BCUT2D eigenvalue weighted by Crippen LogP contribution is -2.11. The molecule has 0 radical (unpaired) electrons. The molecule has 21 heavy (non-hydrogen) atoms. The second-order valence-corrected chi connectivity index (χ2v) is 4.80. The minimum absolute atomic E-state index is 0.167. The Morgan fingerprint density at radius 3 is 2.81 bits per heavy atom. The molecular weight excluding hydrogens is 268 g/mol. The molecule has 2 rings (SSSR count). The summed E-state index contributed by atoms with van der Waals surface area (Å²) < 4.78 is 6.99. The van der Waals surface area contributed by atoms with E-state index in [2.05, 4.69) is 17.0 Å². The Balaban J connectivity index is 1.77. The first-order chi connectivity index (χ1) is 10.2. The van der Waals surface area contributed by atoms with Crippen LogP contribution in [-0.4, -0.2) is 20.7 Å². The van der Waals surface area contributed by atoms with Crippen LogP contribution in [0.25, 0.3) is 0 Å². The number of carbonyl (C=O) groups is 1. The zero-order chi connectivity index (χ0) is 15.1. The fourth-order valence-corrected chi connectivity index (χ4v) is 1.95. The van der Waals surface area contributed by atoms with Gasteiger partial charge in [-0.05, 0) is 30.5 Å². The van der Waals surface area contributed by atoms with Crippen molar-refractivity contribution in [1.29, 1.82) is 0 Å². The summed E-state index contributed by atoms with van der Waals surface area (Å²) >= 11 is 0. The fraction of sp³-hybridized carbons (Fsp3) is 0.400. The highest BCUT2D eigenvalue weighted by atomic mass is 16.5. The summed E-state index contributed by atoms with van der Waals surface area (Å²) in [4.78, 5) is 15.8. The van der Waals surface area contributed by atoms with Crippen LogP contribution in [0, 0.1) is 0 Å². The Morgan fingerprint density at radius 1 is 1.33 bits per heavy atom. The summed E-state index contributed by atoms with van der Waals surface area (Å²) in [6.07, 6.45) is 3.42. The number of nitrogen functional groups attached to an aromatic ring is 1. The van der Waals surface area contributed by atoms with Gasteiger partial charge in [0.15, 0.2) is 12.4 Å². The lowest BCUT2D eigenvalue weighted by Gasteiger charge is -2.06. The van der Waals surface area contributed by atoms with Gasteiger partial charge in [0.05, 0.1) is 0 Å². The molecule has 0 saturated carbocycles. The molecule has 0 saturated heterocycles. The maximum Gasteiger partial charge on any atom is 0.306 e. The van der Waals surface area contributed by atoms with Crippen molar-refractivity contribution in [1.82, 2.24) is 14.8 Å². The van der Waals surface area contributed by atoms with E-state index < -0.39 is 0 Å². The van der Waals surface area contributed by atoms with Gasteiger partial charge in [0.2, 0.25) is 0 Å². The minimum atomic E-state index is -0.238. The minimum Gasteiger partial charge on any atom is -0.457 e. The zero-order valence-corrected chi connectivity index (χ0v) is 12.2. The van der Waals surface area contributed by atoms with Crippen LogP contribution in [0.2, 0.25) is 0 Å². The molecule has 0 aliphatic carbocycles. The molecule has 0 aliphatic heterocycles. The van der Waals surface area contributed by atoms with E-state index in [4.69, 9.17) is 10.5 Å². The van der Waals surface area contributed by atoms with Crippen molar-refractivity contribution in [2.75, 3.05) is 5.73 Å². The number of ether oxygens (including phenoxy) is 1. The summed E-state index contributed by atoms with van der Waals surface area (Å²) in [5.41, 5.74) is 7.40. The van der Waals surface area contributed by atoms with E-state index in [9.17, 15) is 4.79 Å². The summed E-state index contributed by atoms with van der Waals surface area (Å²) in [6.45, 7) is 3.00. The quantitative estimate of drug-likeness (QED) is 0.622. The second kappa shape index (κ2) is 7.42. The van der Waals surface area contributed by atoms with Crippen molar-refractivity contribution in [2.45, 2.75) is 39.3 Å². The van der Waals surface area contributed by atoms with Gasteiger partial charge in [-0.25, -0.2) is 9.67 Å². The highest BCUT2D eigenvalue weighted by Gasteiger charge is 2.08. The molecule has 1 aromatic heterocycles. The molecular formula is C15H20N4O2. The van der Waals surface area contributed by atoms with Crippen LogP contribution in [0.1, 0.15) is 31.2 Å². The first-order valence-electron chi connectivity index (χ1n) is 7.05. The third-order valence-corrected chi connectivity index (χ3v) is 3.09. The highest BCUT2D eigenvalue weighted by Crippen LogP contribution is 2.08. The molecule has 0 fully saturated rings. The van der Waals surface area contributed by atoms with Crippen LogP contribution in [0.5, 0.6) is 0 Å². The number of nitrogens with two attached hydrogens (primary N) is 1. The summed E-state index contributed by atoms with van der Waals surface area (Å²) in [7, 11) is 0. The highest BCUT2D eigenvalue weighted by molar-refractivity contribution is 5.69. The maximum atomic E-state index is 11.7. The monoisotopic (exact) mass is 288 g/mol. The molecule has 1 heterocycles. The molecule has 0 spiro atoms. The van der Waals surface area contributed by atoms with Crippen molar-refractivity contribution >= 4 is 11.7 Å². The molecule has 0 atom stereocenters. The molecule has 2 N–H and O–H groups in total. The van der Waals surface area contributed by atoms with Crippen molar-refractivity contribution < 1.29 is 9.53 Å². The third kappa shape index (κ3) is 4.59. The standard InChI is InChI=1S/C15H20N4O2/c1-2-9-19-14(17-11-18-19)10-21-15(20)8-5-12-3-6-13(16)7-4-12/h3-4,6-7,11H,2,5,8-10,16H2,1H3. The van der Waals surface area contributed by atoms with E-state index >= 15 is 0 Å². The number of carbonyl (C=O) groups excluding carboxylic acids is 1. The lowest BCUT2D eigenvalue weighted by atomic mass is 10.1. The normalized spacial score (nSPS) is 10.5. The largest absolute Gasteiger partial charge is 0.457 e. The Labute approximate surface area is 123 Å². The number of benzene rings is 1. The average molecular weight is 288 g/mol. The van der Waals surface area contributed by atoms with Crippen LogP contribution in [-0.2, 0) is 29.1 Å². The fourth-order valence-electron chi connectivity index (χ4n) is 1.95. The number of hydrogen-bond donors (Lipinski definition) is 1. The van der Waals surface area contributed by atoms with Crippen LogP contribution in [0.3, 0.4) is 0 Å². The Kier molecular flexibility index (Phi) is 5.31. The average Bonchev–Trinajstić information content (AvgIpc) is 2.92. The van der Waals surface area contributed by atoms with Gasteiger partial charge in [0.1, 0.15) is 6.33 Å². The number of anilines is 1. The molecule has 0 bridgehead atoms. The number of nitrogens with zero attached hydrogens (tertiary/aromatic N) is 3. The predicted molar refractivity (Wildman–Crippen MR) is 79.3 cm³/mol. The van der Waals surface area contributed by atoms with Crippen molar-refractivity contribution in [3.8, 4) is 0 Å². The number of esters is 1. The zero-order valence-electron chi connectivity index (χ0n) is 12.2. The van der Waals surface area contributed by atoms with Gasteiger partial charge in [-0.15, -0.1) is 0 Å². The van der Waals surface area contributed by atoms with Gasteiger partial charge in [0, 0.05) is 18.7 Å². The number of aromatic nitrogens is 3. The number of rotatable bonds is 7. The number of aryl methyl sites for hydroxylation is 2. The first kappa shape index (κ1) is 15.0. The Morgan fingerprint density at radius 2 is 2.10 bits per heavy atom. The van der Waals surface area contributed by atoms with Crippen molar-refractivity contribution in [3.05, 3.63) is 42.0 Å². The molecule has 0 amide bonds. The van der Waals surface area contributed by atoms with Crippen LogP contribution in [0.4, 0.5) is 5.69 Å². The predicted octanol–water partition coefficient (Wildman–Crippen LogP) is 1.95. The van der Waals surface area contributed by atoms with Gasteiger partial charge in [0.25, 0.3) is 0 Å². The summed E-state index contributed by atoms with van der Waals surface area (Å²) in [5.74, 6) is 0.440. The van der Waals surface area contributed by atoms with Gasteiger partial charge in [-0.3, -0.25) is 4.79 Å². The topological polar surface area (TPSA) is 83.0 Å². The van der Waals surface area contributed by atoms with Gasteiger partial charge in [-0.1, -0.05) is 19.1 Å². The van der Waals surface area contributed by atoms with E-state index in [-0.39, 0.29) is 12.6 Å². The van der Waals surface area contributed by atoms with E-state index in [0.29, 0.717) is 18.7 Å². The van der Waals surface area contributed by atoms with Crippen molar-refractivity contribution in [3.63, 3.8) is 0 Å². The van der Waals surface area contributed by atoms with Crippen LogP contribution < -0.4 is 5.73 Å². The first-order valence-corrected chi connectivity index (χ1v) is 7.05. The lowest BCUT2D eigenvalue weighted by molar-refractivity contribution is -0.145. The Hall–Kier alpha value is -2.37. The Bertz CT molecular complexity index is 578. The SMILES string of the molecule is CCCn1ncnc1COC(=O)CCc1ccc(N)cc1. The van der Waals surface area contributed by atoms with E-state index in [1.54, 1.807) is 4.68 Å². The summed E-state index contributed by atoms with van der Waals surface area (Å²) in [6, 6.07) is 7.49. The molecule has 1 aromatic carbocycles. The molecule has 0 aliphatic rings. The van der Waals surface area contributed by atoms with Crippen LogP contribution in [0.15, 0.2) is 30.6 Å². The molecule has 2 aromatic rings. The van der Waals surface area contributed by atoms with E-state index in [1.165, 1.54) is 6.33 Å². The number of hydrogen-bond acceptors (Lipinski definition) is 5. The smallest absolute Gasteiger partial charge is 0.306 e. The molecule has 6 nitrogen and oxygen atoms in total. The maximum absolute atomic E-state index is 11.7. The molecule has 0 unspecified atom stereocenters. The van der Waals surface area contributed by atoms with E-state index in [0.717, 1.165) is 24.2 Å². The molecule has 112 valence electrons. The van der Waals surface area contributed by atoms with Gasteiger partial charge >= 0.3 is 5.97 Å². The van der Waals surface area contributed by atoms with Gasteiger partial charge < -0.3 is 10.5 Å². The van der Waals surface area contributed by atoms with Gasteiger partial charge in [-0.2, -0.15) is 5.10 Å².